The van der Waals surface area contributed by atoms with Crippen molar-refractivity contribution >= 4 is 10.7 Å². The molecule has 2 rings (SSSR count). The molecule has 0 heterocycles. The molecular weight excluding hydrogens is 258 g/mol. The van der Waals surface area contributed by atoms with Crippen LogP contribution >= 0.6 is 0 Å². The monoisotopic (exact) mass is 270 g/mol. The highest BCUT2D eigenvalue weighted by atomic mass is 32.2. The van der Waals surface area contributed by atoms with E-state index in [0.29, 0.717) is 11.1 Å². The molecule has 2 nitrogen and oxygen atoms in total. The zero-order valence-electron chi connectivity index (χ0n) is 9.64. The van der Waals surface area contributed by atoms with E-state index in [1.807, 2.05) is 6.07 Å². The van der Waals surface area contributed by atoms with Gasteiger partial charge in [-0.1, -0.05) is 42.5 Å². The van der Waals surface area contributed by atoms with Gasteiger partial charge in [0, 0.05) is 11.8 Å². The minimum absolute atomic E-state index is 0.297. The Balaban J connectivity index is 0.000000357. The molecule has 0 saturated carbocycles. The van der Waals surface area contributed by atoms with Crippen molar-refractivity contribution in [2.75, 3.05) is 6.26 Å². The van der Waals surface area contributed by atoms with Gasteiger partial charge < -0.3 is 0 Å². The number of benzene rings is 2. The van der Waals surface area contributed by atoms with E-state index in [0.717, 1.165) is 12.3 Å². The van der Waals surface area contributed by atoms with Gasteiger partial charge in [-0.2, -0.15) is 0 Å². The molecule has 0 fully saturated rings. The molecule has 0 radical (unpaired) electrons. The van der Waals surface area contributed by atoms with Crippen molar-refractivity contribution in [2.24, 2.45) is 0 Å². The van der Waals surface area contributed by atoms with E-state index in [-0.39, 0.29) is 0 Å². The number of rotatable bonds is 1. The lowest BCUT2D eigenvalue weighted by atomic mass is 10.1. The largest absolute Gasteiger partial charge is 0.232 e. The van der Waals surface area contributed by atoms with Gasteiger partial charge in [-0.15, -0.1) is 0 Å². The van der Waals surface area contributed by atoms with E-state index >= 15 is 0 Å². The summed E-state index contributed by atoms with van der Waals surface area (Å²) >= 11 is 0. The molecule has 0 bridgehead atoms. The van der Waals surface area contributed by atoms with Crippen LogP contribution in [0.1, 0.15) is 0 Å². The molecule has 0 atom stereocenters. The zero-order chi connectivity index (χ0) is 13.5. The summed E-state index contributed by atoms with van der Waals surface area (Å²) in [7, 11) is -2.12. The Labute approximate surface area is 106 Å². The highest BCUT2D eigenvalue weighted by Crippen LogP contribution is 2.23. The van der Waals surface area contributed by atoms with Crippen molar-refractivity contribution in [1.29, 1.82) is 0 Å². The number of hydrogen-bond acceptors (Lipinski definition) is 2. The molecular formula is C13H12F2O2S. The number of halogens is 2. The number of thiol groups is 1. The maximum Gasteiger partial charge on any atom is 0.166 e. The van der Waals surface area contributed by atoms with Gasteiger partial charge in [-0.3, -0.25) is 0 Å². The Kier molecular flexibility index (Phi) is 5.45. The first-order valence-corrected chi connectivity index (χ1v) is 6.72. The highest BCUT2D eigenvalue weighted by Gasteiger charge is 2.08. The first-order chi connectivity index (χ1) is 8.52. The van der Waals surface area contributed by atoms with Gasteiger partial charge in [0.2, 0.25) is 0 Å². The fourth-order valence-electron chi connectivity index (χ4n) is 1.34. The van der Waals surface area contributed by atoms with Crippen LogP contribution in [0, 0.1) is 11.6 Å². The van der Waals surface area contributed by atoms with E-state index < -0.39 is 22.3 Å². The van der Waals surface area contributed by atoms with E-state index in [1.54, 1.807) is 30.3 Å². The molecule has 96 valence electrons. The smallest absolute Gasteiger partial charge is 0.166 e. The predicted molar refractivity (Wildman–Crippen MR) is 68.0 cm³/mol. The molecule has 2 aromatic rings. The third-order valence-electron chi connectivity index (χ3n) is 2.04. The summed E-state index contributed by atoms with van der Waals surface area (Å²) in [5.41, 5.74) is 0.982. The van der Waals surface area contributed by atoms with Crippen LogP contribution < -0.4 is 0 Å². The van der Waals surface area contributed by atoms with Crippen LogP contribution in [0.3, 0.4) is 0 Å². The van der Waals surface area contributed by atoms with Gasteiger partial charge in [0.25, 0.3) is 0 Å². The van der Waals surface area contributed by atoms with Crippen LogP contribution in [-0.4, -0.2) is 14.7 Å². The minimum atomic E-state index is -2.12. The molecule has 0 aliphatic heterocycles. The fourth-order valence-corrected chi connectivity index (χ4v) is 1.34. The normalized spacial score (nSPS) is 9.78. The maximum absolute atomic E-state index is 13.3. The van der Waals surface area contributed by atoms with Crippen molar-refractivity contribution in [3.63, 3.8) is 0 Å². The molecule has 5 heteroatoms. The zero-order valence-corrected chi connectivity index (χ0v) is 10.5. The van der Waals surface area contributed by atoms with Crippen LogP contribution in [0.15, 0.2) is 48.5 Å². The molecule has 0 spiro atoms. The minimum Gasteiger partial charge on any atom is -0.232 e. The Morgan fingerprint density at radius 1 is 0.889 bits per heavy atom. The molecule has 0 amide bonds. The first-order valence-electron chi connectivity index (χ1n) is 5.10. The molecule has 0 N–H and O–H groups in total. The van der Waals surface area contributed by atoms with E-state index in [2.05, 4.69) is 0 Å². The Morgan fingerprint density at radius 2 is 1.44 bits per heavy atom. The quantitative estimate of drug-likeness (QED) is 0.808. The summed E-state index contributed by atoms with van der Waals surface area (Å²) in [6, 6.07) is 13.1. The fraction of sp³-hybridized carbons (Fsp3) is 0.0769. The molecule has 0 aliphatic carbocycles. The van der Waals surface area contributed by atoms with Crippen molar-refractivity contribution in [1.82, 2.24) is 0 Å². The van der Waals surface area contributed by atoms with E-state index in [1.165, 1.54) is 6.07 Å². The highest BCUT2D eigenvalue weighted by molar-refractivity contribution is 7.71. The topological polar surface area (TPSA) is 34.1 Å². The first kappa shape index (κ1) is 14.3. The number of hydrogen-bond donors (Lipinski definition) is 1. The van der Waals surface area contributed by atoms with Crippen LogP contribution in [0.2, 0.25) is 0 Å². The molecule has 2 aromatic carbocycles. The van der Waals surface area contributed by atoms with E-state index in [4.69, 9.17) is 8.42 Å². The van der Waals surface area contributed by atoms with Crippen LogP contribution in [0.5, 0.6) is 0 Å². The summed E-state index contributed by atoms with van der Waals surface area (Å²) in [5, 5.41) is 0. The molecule has 0 unspecified atom stereocenters. The average molecular weight is 270 g/mol. The summed E-state index contributed by atoms with van der Waals surface area (Å²) < 4.78 is 44.3. The second-order valence-corrected chi connectivity index (χ2v) is 4.29. The summed E-state index contributed by atoms with van der Waals surface area (Å²) in [4.78, 5) is 0. The van der Waals surface area contributed by atoms with Gasteiger partial charge in [-0.05, 0) is 11.6 Å². The standard InChI is InChI=1S/C12H8F2.CH4O2S/c13-11-8-4-7-10(12(11)14)9-5-2-1-3-6-9;1-4(2)3/h1-8H;4H,1H3. The lowest BCUT2D eigenvalue weighted by Gasteiger charge is -2.02. The Bertz CT molecular complexity index is 573. The van der Waals surface area contributed by atoms with Gasteiger partial charge in [-0.25, -0.2) is 17.2 Å². The second-order valence-electron chi connectivity index (χ2n) is 3.41. The van der Waals surface area contributed by atoms with Crippen LogP contribution in [0.25, 0.3) is 11.1 Å². The maximum atomic E-state index is 13.3. The Morgan fingerprint density at radius 3 is 2.00 bits per heavy atom. The van der Waals surface area contributed by atoms with Crippen molar-refractivity contribution < 1.29 is 17.2 Å². The SMILES string of the molecule is C[SH](=O)=O.Fc1cccc(-c2ccccc2)c1F. The van der Waals surface area contributed by atoms with Gasteiger partial charge in [0.05, 0.1) is 0 Å². The lowest BCUT2D eigenvalue weighted by molar-refractivity contribution is 0.511. The Hall–Kier alpha value is -1.75. The third kappa shape index (κ3) is 4.25. The molecule has 0 saturated heterocycles. The molecule has 18 heavy (non-hydrogen) atoms. The van der Waals surface area contributed by atoms with Crippen molar-refractivity contribution in [3.8, 4) is 11.1 Å². The summed E-state index contributed by atoms with van der Waals surface area (Å²) in [5.74, 6) is -1.61. The second kappa shape index (κ2) is 6.86. The summed E-state index contributed by atoms with van der Waals surface area (Å²) in [6.07, 6.45) is 1.12. The van der Waals surface area contributed by atoms with Crippen molar-refractivity contribution in [3.05, 3.63) is 60.2 Å². The average Bonchev–Trinajstić information content (AvgIpc) is 2.33. The van der Waals surface area contributed by atoms with Crippen molar-refractivity contribution in [2.45, 2.75) is 0 Å². The van der Waals surface area contributed by atoms with Gasteiger partial charge in [0.1, 0.15) is 10.7 Å². The predicted octanol–water partition coefficient (Wildman–Crippen LogP) is 2.86. The molecule has 0 aromatic heterocycles. The van der Waals surface area contributed by atoms with E-state index in [9.17, 15) is 8.78 Å². The van der Waals surface area contributed by atoms with Crippen LogP contribution in [-0.2, 0) is 10.7 Å². The summed E-state index contributed by atoms with van der Waals surface area (Å²) in [6.45, 7) is 0. The van der Waals surface area contributed by atoms with Crippen LogP contribution in [0.4, 0.5) is 8.78 Å². The third-order valence-corrected chi connectivity index (χ3v) is 2.04. The van der Waals surface area contributed by atoms with Gasteiger partial charge >= 0.3 is 0 Å². The molecule has 0 aliphatic rings. The van der Waals surface area contributed by atoms with Gasteiger partial charge in [0.15, 0.2) is 11.6 Å². The lowest BCUT2D eigenvalue weighted by Crippen LogP contribution is -1.88.